The van der Waals surface area contributed by atoms with E-state index in [1.54, 1.807) is 18.9 Å². The monoisotopic (exact) mass is 302 g/mol. The van der Waals surface area contributed by atoms with E-state index in [2.05, 4.69) is 22.0 Å². The van der Waals surface area contributed by atoms with Crippen LogP contribution in [-0.2, 0) is 4.79 Å². The summed E-state index contributed by atoms with van der Waals surface area (Å²) in [5.41, 5.74) is 1.16. The minimum Gasteiger partial charge on any atom is -0.494 e. The Morgan fingerprint density at radius 1 is 1.56 bits per heavy atom. The Hall–Kier alpha value is -0.480. The smallest absolute Gasteiger partial charge is 0.146 e. The number of carbonyl (C=O) groups is 1. The summed E-state index contributed by atoms with van der Waals surface area (Å²) in [5.74, 6) is 1.10. The zero-order valence-corrected chi connectivity index (χ0v) is 12.0. The molecule has 88 valence electrons. The standard InChI is InChI=1S/C12H15BrO2S/c1-8(4-5-14)9-6-10(13)12(15-2)11(7-9)16-3/h5-8H,4H2,1-3H3. The van der Waals surface area contributed by atoms with E-state index in [0.29, 0.717) is 6.42 Å². The van der Waals surface area contributed by atoms with E-state index in [1.807, 2.05) is 19.2 Å². The number of benzene rings is 1. The topological polar surface area (TPSA) is 26.3 Å². The van der Waals surface area contributed by atoms with E-state index in [1.165, 1.54) is 0 Å². The zero-order chi connectivity index (χ0) is 12.1. The molecule has 0 heterocycles. The predicted octanol–water partition coefficient (Wildman–Crippen LogP) is 3.87. The van der Waals surface area contributed by atoms with Crippen LogP contribution in [0.25, 0.3) is 0 Å². The normalized spacial score (nSPS) is 12.2. The van der Waals surface area contributed by atoms with Crippen LogP contribution in [0.5, 0.6) is 5.75 Å². The lowest BCUT2D eigenvalue weighted by atomic mass is 9.98. The number of halogens is 1. The molecule has 0 fully saturated rings. The molecule has 0 aliphatic carbocycles. The van der Waals surface area contributed by atoms with Gasteiger partial charge in [0.05, 0.1) is 16.5 Å². The maximum atomic E-state index is 10.5. The van der Waals surface area contributed by atoms with Crippen LogP contribution in [0.3, 0.4) is 0 Å². The molecule has 0 aliphatic rings. The van der Waals surface area contributed by atoms with E-state index < -0.39 is 0 Å². The van der Waals surface area contributed by atoms with Crippen LogP contribution in [0.4, 0.5) is 0 Å². The van der Waals surface area contributed by atoms with Gasteiger partial charge in [-0.15, -0.1) is 11.8 Å². The summed E-state index contributed by atoms with van der Waals surface area (Å²) >= 11 is 5.13. The Morgan fingerprint density at radius 2 is 2.25 bits per heavy atom. The summed E-state index contributed by atoms with van der Waals surface area (Å²) in [6.07, 6.45) is 3.52. The summed E-state index contributed by atoms with van der Waals surface area (Å²) in [6.45, 7) is 2.05. The molecule has 1 aromatic rings. The van der Waals surface area contributed by atoms with Gasteiger partial charge in [-0.1, -0.05) is 6.92 Å². The van der Waals surface area contributed by atoms with Gasteiger partial charge in [0, 0.05) is 6.42 Å². The number of rotatable bonds is 5. The number of hydrogen-bond acceptors (Lipinski definition) is 3. The number of thioether (sulfide) groups is 1. The first-order chi connectivity index (χ1) is 7.63. The molecule has 0 aromatic heterocycles. The van der Waals surface area contributed by atoms with Crippen molar-refractivity contribution in [2.24, 2.45) is 0 Å². The highest BCUT2D eigenvalue weighted by Gasteiger charge is 2.12. The second-order valence-corrected chi connectivity index (χ2v) is 5.24. The van der Waals surface area contributed by atoms with Crippen molar-refractivity contribution >= 4 is 34.0 Å². The number of hydrogen-bond donors (Lipinski definition) is 0. The van der Waals surface area contributed by atoms with E-state index in [0.717, 1.165) is 27.0 Å². The maximum Gasteiger partial charge on any atom is 0.146 e. The third-order valence-corrected chi connectivity index (χ3v) is 3.81. The molecule has 2 nitrogen and oxygen atoms in total. The summed E-state index contributed by atoms with van der Waals surface area (Å²) < 4.78 is 6.26. The SMILES string of the molecule is COc1c(Br)cc(C(C)CC=O)cc1SC. The molecule has 0 bridgehead atoms. The van der Waals surface area contributed by atoms with Crippen LogP contribution >= 0.6 is 27.7 Å². The lowest BCUT2D eigenvalue weighted by Crippen LogP contribution is -1.97. The van der Waals surface area contributed by atoms with E-state index >= 15 is 0 Å². The van der Waals surface area contributed by atoms with Crippen molar-refractivity contribution in [2.75, 3.05) is 13.4 Å². The molecule has 0 saturated carbocycles. The maximum absolute atomic E-state index is 10.5. The molecule has 0 spiro atoms. The Labute approximate surface area is 109 Å². The first-order valence-corrected chi connectivity index (χ1v) is 7.00. The molecule has 1 rings (SSSR count). The summed E-state index contributed by atoms with van der Waals surface area (Å²) in [6, 6.07) is 4.11. The third kappa shape index (κ3) is 3.01. The third-order valence-electron chi connectivity index (χ3n) is 2.47. The van der Waals surface area contributed by atoms with Crippen LogP contribution in [0.1, 0.15) is 24.8 Å². The highest BCUT2D eigenvalue weighted by Crippen LogP contribution is 2.38. The Morgan fingerprint density at radius 3 is 2.75 bits per heavy atom. The molecule has 4 heteroatoms. The van der Waals surface area contributed by atoms with Gasteiger partial charge < -0.3 is 9.53 Å². The minimum atomic E-state index is 0.241. The highest BCUT2D eigenvalue weighted by molar-refractivity contribution is 9.10. The average molecular weight is 303 g/mol. The van der Waals surface area contributed by atoms with E-state index in [9.17, 15) is 4.79 Å². The van der Waals surface area contributed by atoms with Gasteiger partial charge in [0.15, 0.2) is 0 Å². The predicted molar refractivity (Wildman–Crippen MR) is 71.6 cm³/mol. The summed E-state index contributed by atoms with van der Waals surface area (Å²) in [5, 5.41) is 0. The van der Waals surface area contributed by atoms with Crippen LogP contribution in [0, 0.1) is 0 Å². The van der Waals surface area contributed by atoms with E-state index in [-0.39, 0.29) is 5.92 Å². The number of methoxy groups -OCH3 is 1. The molecular weight excluding hydrogens is 288 g/mol. The van der Waals surface area contributed by atoms with Crippen molar-refractivity contribution < 1.29 is 9.53 Å². The van der Waals surface area contributed by atoms with Crippen molar-refractivity contribution in [3.8, 4) is 5.75 Å². The molecule has 0 saturated heterocycles. The molecule has 0 N–H and O–H groups in total. The van der Waals surface area contributed by atoms with Crippen molar-refractivity contribution in [3.05, 3.63) is 22.2 Å². The van der Waals surface area contributed by atoms with Gasteiger partial charge in [-0.3, -0.25) is 0 Å². The minimum absolute atomic E-state index is 0.241. The Balaban J connectivity index is 3.14. The molecule has 0 amide bonds. The molecule has 16 heavy (non-hydrogen) atoms. The van der Waals surface area contributed by atoms with Gasteiger partial charge >= 0.3 is 0 Å². The molecule has 1 aromatic carbocycles. The van der Waals surface area contributed by atoms with Gasteiger partial charge in [-0.05, 0) is 45.8 Å². The first-order valence-electron chi connectivity index (χ1n) is 4.99. The van der Waals surface area contributed by atoms with Crippen LogP contribution in [0.2, 0.25) is 0 Å². The second-order valence-electron chi connectivity index (χ2n) is 3.54. The highest BCUT2D eigenvalue weighted by atomic mass is 79.9. The number of carbonyl (C=O) groups excluding carboxylic acids is 1. The number of ether oxygens (including phenoxy) is 1. The van der Waals surface area contributed by atoms with Gasteiger partial charge in [-0.2, -0.15) is 0 Å². The molecule has 0 radical (unpaired) electrons. The average Bonchev–Trinajstić information content (AvgIpc) is 2.28. The van der Waals surface area contributed by atoms with Gasteiger partial charge in [-0.25, -0.2) is 0 Å². The molecule has 1 atom stereocenters. The Kier molecular flexibility index (Phi) is 5.35. The van der Waals surface area contributed by atoms with Crippen LogP contribution in [-0.4, -0.2) is 19.7 Å². The van der Waals surface area contributed by atoms with Crippen molar-refractivity contribution in [1.82, 2.24) is 0 Å². The fourth-order valence-corrected chi connectivity index (χ4v) is 2.91. The number of aldehydes is 1. The van der Waals surface area contributed by atoms with Crippen LogP contribution in [0.15, 0.2) is 21.5 Å². The zero-order valence-electron chi connectivity index (χ0n) is 9.62. The molecular formula is C12H15BrO2S. The lowest BCUT2D eigenvalue weighted by Gasteiger charge is -2.14. The van der Waals surface area contributed by atoms with Crippen molar-refractivity contribution in [2.45, 2.75) is 24.2 Å². The largest absolute Gasteiger partial charge is 0.494 e. The van der Waals surface area contributed by atoms with E-state index in [4.69, 9.17) is 4.74 Å². The summed E-state index contributed by atoms with van der Waals surface area (Å²) in [4.78, 5) is 11.6. The fraction of sp³-hybridized carbons (Fsp3) is 0.417. The second kappa shape index (κ2) is 6.30. The van der Waals surface area contributed by atoms with Crippen molar-refractivity contribution in [3.63, 3.8) is 0 Å². The van der Waals surface area contributed by atoms with Crippen molar-refractivity contribution in [1.29, 1.82) is 0 Å². The fourth-order valence-electron chi connectivity index (χ4n) is 1.50. The van der Waals surface area contributed by atoms with Gasteiger partial charge in [0.25, 0.3) is 0 Å². The van der Waals surface area contributed by atoms with Gasteiger partial charge in [0.2, 0.25) is 0 Å². The molecule has 0 aliphatic heterocycles. The Bertz CT molecular complexity index is 380. The van der Waals surface area contributed by atoms with Crippen LogP contribution < -0.4 is 4.74 Å². The van der Waals surface area contributed by atoms with Gasteiger partial charge in [0.1, 0.15) is 12.0 Å². The first kappa shape index (κ1) is 13.6. The lowest BCUT2D eigenvalue weighted by molar-refractivity contribution is -0.108. The quantitative estimate of drug-likeness (QED) is 0.610. The summed E-state index contributed by atoms with van der Waals surface area (Å²) in [7, 11) is 1.66. The molecule has 1 unspecified atom stereocenters.